The molecule has 0 saturated carbocycles. The van der Waals surface area contributed by atoms with Crippen molar-refractivity contribution in [3.8, 4) is 0 Å². The first-order valence-electron chi connectivity index (χ1n) is 9.18. The predicted octanol–water partition coefficient (Wildman–Crippen LogP) is 4.24. The number of carbonyl (C=O) groups excluding carboxylic acids is 1. The van der Waals surface area contributed by atoms with Crippen LogP contribution in [-0.2, 0) is 0 Å². The Bertz CT molecular complexity index is 868. The second-order valence-electron chi connectivity index (χ2n) is 7.23. The molecule has 0 bridgehead atoms. The number of thiazole rings is 1. The second-order valence-corrected chi connectivity index (χ2v) is 8.10. The average molecular weight is 369 g/mol. The molecule has 3 heterocycles. The number of aromatic nitrogens is 2. The zero-order valence-electron chi connectivity index (χ0n) is 15.2. The van der Waals surface area contributed by atoms with Gasteiger partial charge < -0.3 is 10.2 Å². The summed E-state index contributed by atoms with van der Waals surface area (Å²) in [6, 6.07) is 8.91. The summed E-state index contributed by atoms with van der Waals surface area (Å²) in [6.07, 6.45) is 5.85. The molecule has 0 spiro atoms. The molecule has 0 unspecified atom stereocenters. The van der Waals surface area contributed by atoms with Gasteiger partial charge in [0.25, 0.3) is 5.91 Å². The van der Waals surface area contributed by atoms with Gasteiger partial charge in [0.15, 0.2) is 4.96 Å². The molecule has 1 fully saturated rings. The highest BCUT2D eigenvalue weighted by Gasteiger charge is 2.26. The van der Waals surface area contributed by atoms with Crippen molar-refractivity contribution in [3.63, 3.8) is 0 Å². The number of likely N-dealkylation sites (tertiary alicyclic amines) is 1. The highest BCUT2D eigenvalue weighted by molar-refractivity contribution is 7.15. The van der Waals surface area contributed by atoms with Crippen LogP contribution in [-0.4, -0.2) is 39.3 Å². The number of hydrogen-bond donors (Lipinski definition) is 1. The number of imidazole rings is 1. The summed E-state index contributed by atoms with van der Waals surface area (Å²) in [5.74, 6) is 0.568. The van der Waals surface area contributed by atoms with Crippen LogP contribution in [0.1, 0.15) is 48.7 Å². The van der Waals surface area contributed by atoms with E-state index in [0.29, 0.717) is 11.6 Å². The summed E-state index contributed by atoms with van der Waals surface area (Å²) < 4.78 is 1.91. The minimum absolute atomic E-state index is 0.0301. The normalized spacial score (nSPS) is 17.8. The van der Waals surface area contributed by atoms with Gasteiger partial charge in [-0.05, 0) is 36.5 Å². The molecule has 6 heteroatoms. The van der Waals surface area contributed by atoms with E-state index in [0.717, 1.165) is 36.6 Å². The molecule has 4 rings (SSSR count). The molecule has 1 aromatic carbocycles. The SMILES string of the molecule is CC(C)c1ccc(N[C@@H]2CCCN(C(=O)c3cn4ccsc4n3)C2)cc1. The topological polar surface area (TPSA) is 49.6 Å². The number of nitrogens with zero attached hydrogens (tertiary/aromatic N) is 3. The van der Waals surface area contributed by atoms with Gasteiger partial charge in [-0.1, -0.05) is 26.0 Å². The summed E-state index contributed by atoms with van der Waals surface area (Å²) in [5, 5.41) is 5.56. The maximum atomic E-state index is 12.8. The van der Waals surface area contributed by atoms with E-state index >= 15 is 0 Å². The number of carbonyl (C=O) groups is 1. The van der Waals surface area contributed by atoms with Gasteiger partial charge in [0, 0.05) is 42.6 Å². The van der Waals surface area contributed by atoms with E-state index in [9.17, 15) is 4.79 Å². The van der Waals surface area contributed by atoms with Gasteiger partial charge in [-0.2, -0.15) is 0 Å². The lowest BCUT2D eigenvalue weighted by molar-refractivity contribution is 0.0709. The Morgan fingerprint density at radius 3 is 2.85 bits per heavy atom. The molecule has 1 aliphatic heterocycles. The molecular weight excluding hydrogens is 344 g/mol. The van der Waals surface area contributed by atoms with Crippen molar-refractivity contribution in [2.75, 3.05) is 18.4 Å². The van der Waals surface area contributed by atoms with Crippen LogP contribution in [0.4, 0.5) is 5.69 Å². The first-order chi connectivity index (χ1) is 12.6. The largest absolute Gasteiger partial charge is 0.381 e. The van der Waals surface area contributed by atoms with Crippen molar-refractivity contribution in [1.29, 1.82) is 0 Å². The first-order valence-corrected chi connectivity index (χ1v) is 10.1. The van der Waals surface area contributed by atoms with Crippen LogP contribution >= 0.6 is 11.3 Å². The monoisotopic (exact) mass is 368 g/mol. The van der Waals surface area contributed by atoms with Gasteiger partial charge in [-0.3, -0.25) is 9.20 Å². The van der Waals surface area contributed by atoms with Crippen molar-refractivity contribution in [2.45, 2.75) is 38.6 Å². The van der Waals surface area contributed by atoms with E-state index < -0.39 is 0 Å². The number of nitrogens with one attached hydrogen (secondary N) is 1. The Morgan fingerprint density at radius 2 is 2.12 bits per heavy atom. The lowest BCUT2D eigenvalue weighted by Gasteiger charge is -2.33. The van der Waals surface area contributed by atoms with E-state index in [2.05, 4.69) is 48.4 Å². The van der Waals surface area contributed by atoms with E-state index in [-0.39, 0.29) is 11.9 Å². The van der Waals surface area contributed by atoms with Crippen LogP contribution in [0.3, 0.4) is 0 Å². The lowest BCUT2D eigenvalue weighted by Crippen LogP contribution is -2.45. The zero-order chi connectivity index (χ0) is 18.1. The highest BCUT2D eigenvalue weighted by atomic mass is 32.1. The smallest absolute Gasteiger partial charge is 0.274 e. The molecule has 1 N–H and O–H groups in total. The molecule has 26 heavy (non-hydrogen) atoms. The van der Waals surface area contributed by atoms with E-state index in [1.807, 2.05) is 27.1 Å². The molecule has 3 aromatic rings. The second kappa shape index (κ2) is 7.11. The molecule has 0 aliphatic carbocycles. The fourth-order valence-corrected chi connectivity index (χ4v) is 4.17. The number of anilines is 1. The quantitative estimate of drug-likeness (QED) is 0.749. The number of rotatable bonds is 4. The van der Waals surface area contributed by atoms with Gasteiger partial charge in [-0.15, -0.1) is 11.3 Å². The first kappa shape index (κ1) is 17.1. The Morgan fingerprint density at radius 1 is 1.31 bits per heavy atom. The van der Waals surface area contributed by atoms with Crippen LogP contribution in [0, 0.1) is 0 Å². The number of piperidine rings is 1. The number of fused-ring (bicyclic) bond motifs is 1. The maximum Gasteiger partial charge on any atom is 0.274 e. The molecule has 0 radical (unpaired) electrons. The van der Waals surface area contributed by atoms with Crippen molar-refractivity contribution in [2.24, 2.45) is 0 Å². The number of amides is 1. The summed E-state index contributed by atoms with van der Waals surface area (Å²) >= 11 is 1.55. The fourth-order valence-electron chi connectivity index (χ4n) is 3.47. The van der Waals surface area contributed by atoms with Gasteiger partial charge in [0.2, 0.25) is 0 Å². The van der Waals surface area contributed by atoms with Crippen LogP contribution in [0.2, 0.25) is 0 Å². The Kier molecular flexibility index (Phi) is 4.68. The van der Waals surface area contributed by atoms with E-state index in [1.165, 1.54) is 5.56 Å². The van der Waals surface area contributed by atoms with Crippen molar-refractivity contribution < 1.29 is 4.79 Å². The minimum atomic E-state index is 0.0301. The minimum Gasteiger partial charge on any atom is -0.381 e. The van der Waals surface area contributed by atoms with E-state index in [1.54, 1.807) is 11.3 Å². The summed E-state index contributed by atoms with van der Waals surface area (Å²) in [7, 11) is 0. The standard InChI is InChI=1S/C20H24N4OS/c1-14(2)15-5-7-16(8-6-15)21-17-4-3-9-23(12-17)19(25)18-13-24-10-11-26-20(24)22-18/h5-8,10-11,13-14,17,21H,3-4,9,12H2,1-2H3/t17-/m1/s1. The maximum absolute atomic E-state index is 12.8. The molecule has 2 aromatic heterocycles. The molecular formula is C20H24N4OS. The lowest BCUT2D eigenvalue weighted by atomic mass is 10.0. The van der Waals surface area contributed by atoms with Crippen molar-refractivity contribution >= 4 is 27.9 Å². The molecule has 1 amide bonds. The summed E-state index contributed by atoms with van der Waals surface area (Å²) in [6.45, 7) is 5.92. The predicted molar refractivity (Wildman–Crippen MR) is 106 cm³/mol. The zero-order valence-corrected chi connectivity index (χ0v) is 16.0. The highest BCUT2D eigenvalue weighted by Crippen LogP contribution is 2.21. The molecule has 1 aliphatic rings. The van der Waals surface area contributed by atoms with E-state index in [4.69, 9.17) is 0 Å². The van der Waals surface area contributed by atoms with Crippen LogP contribution < -0.4 is 5.32 Å². The number of hydrogen-bond acceptors (Lipinski definition) is 4. The fraction of sp³-hybridized carbons (Fsp3) is 0.400. The van der Waals surface area contributed by atoms with Gasteiger partial charge in [0.1, 0.15) is 5.69 Å². The van der Waals surface area contributed by atoms with Gasteiger partial charge in [-0.25, -0.2) is 4.98 Å². The Balaban J connectivity index is 1.41. The third-order valence-corrected chi connectivity index (χ3v) is 5.74. The molecule has 5 nitrogen and oxygen atoms in total. The summed E-state index contributed by atoms with van der Waals surface area (Å²) in [5.41, 5.74) is 3.01. The van der Waals surface area contributed by atoms with Crippen molar-refractivity contribution in [3.05, 3.63) is 53.3 Å². The average Bonchev–Trinajstić information content (AvgIpc) is 3.24. The van der Waals surface area contributed by atoms with Crippen molar-refractivity contribution in [1.82, 2.24) is 14.3 Å². The van der Waals surface area contributed by atoms with Gasteiger partial charge >= 0.3 is 0 Å². The molecule has 1 atom stereocenters. The van der Waals surface area contributed by atoms with Crippen LogP contribution in [0.5, 0.6) is 0 Å². The third kappa shape index (κ3) is 3.46. The van der Waals surface area contributed by atoms with Gasteiger partial charge in [0.05, 0.1) is 0 Å². The van der Waals surface area contributed by atoms with Crippen LogP contribution in [0.15, 0.2) is 42.0 Å². The van der Waals surface area contributed by atoms with Crippen LogP contribution in [0.25, 0.3) is 4.96 Å². The third-order valence-electron chi connectivity index (χ3n) is 4.97. The summed E-state index contributed by atoms with van der Waals surface area (Å²) in [4.78, 5) is 20.1. The molecule has 1 saturated heterocycles. The molecule has 136 valence electrons. The number of benzene rings is 1. The Hall–Kier alpha value is -2.34. The Labute approximate surface area is 157 Å².